The Bertz CT molecular complexity index is 1280. The molecule has 0 radical (unpaired) electrons. The van der Waals surface area contributed by atoms with E-state index in [4.69, 9.17) is 21.1 Å². The van der Waals surface area contributed by atoms with Gasteiger partial charge in [-0.1, -0.05) is 29.3 Å². The Morgan fingerprint density at radius 2 is 1.82 bits per heavy atom. The number of rotatable bonds is 7. The van der Waals surface area contributed by atoms with E-state index in [0.29, 0.717) is 24.6 Å². The molecule has 0 atom stereocenters. The first kappa shape index (κ1) is 23.1. The molecular weight excluding hydrogens is 458 g/mol. The van der Waals surface area contributed by atoms with E-state index in [9.17, 15) is 14.4 Å². The number of aryl methyl sites for hydroxylation is 1. The second-order valence-electron chi connectivity index (χ2n) is 7.56. The molecule has 2 heterocycles. The number of hydrogen-bond acceptors (Lipinski definition) is 5. The van der Waals surface area contributed by atoms with Crippen molar-refractivity contribution in [2.45, 2.75) is 13.5 Å². The minimum Gasteiger partial charge on any atom is -0.495 e. The standard InChI is InChI=1S/C25H22ClN3O5/c1-16-5-8-19(9-6-16)34-13-12-28-11-3-4-17(28)14-20-23(30)27-25(32)29(24(20)31)18-7-10-22(33-2)21(26)15-18/h3-11,14-15H,12-13H2,1-2H3,(H,27,30,32)/b20-14+. The fourth-order valence-corrected chi connectivity index (χ4v) is 3.74. The highest BCUT2D eigenvalue weighted by molar-refractivity contribution is 6.39. The van der Waals surface area contributed by atoms with Crippen molar-refractivity contribution in [2.24, 2.45) is 0 Å². The van der Waals surface area contributed by atoms with E-state index in [1.165, 1.54) is 31.4 Å². The van der Waals surface area contributed by atoms with Gasteiger partial charge in [-0.25, -0.2) is 9.69 Å². The quantitative estimate of drug-likeness (QED) is 0.405. The smallest absolute Gasteiger partial charge is 0.335 e. The molecule has 0 saturated carbocycles. The monoisotopic (exact) mass is 479 g/mol. The predicted molar refractivity (Wildman–Crippen MR) is 128 cm³/mol. The van der Waals surface area contributed by atoms with Crippen LogP contribution in [0.5, 0.6) is 11.5 Å². The first-order chi connectivity index (χ1) is 16.4. The van der Waals surface area contributed by atoms with E-state index in [0.717, 1.165) is 16.2 Å². The van der Waals surface area contributed by atoms with Gasteiger partial charge in [0, 0.05) is 11.9 Å². The van der Waals surface area contributed by atoms with Crippen LogP contribution in [0.4, 0.5) is 10.5 Å². The number of urea groups is 1. The van der Waals surface area contributed by atoms with Crippen molar-refractivity contribution < 1.29 is 23.9 Å². The van der Waals surface area contributed by atoms with Crippen molar-refractivity contribution in [3.8, 4) is 11.5 Å². The van der Waals surface area contributed by atoms with Crippen molar-refractivity contribution in [2.75, 3.05) is 18.6 Å². The van der Waals surface area contributed by atoms with Crippen molar-refractivity contribution in [1.82, 2.24) is 9.88 Å². The van der Waals surface area contributed by atoms with Gasteiger partial charge in [0.15, 0.2) is 0 Å². The topological polar surface area (TPSA) is 89.9 Å². The summed E-state index contributed by atoms with van der Waals surface area (Å²) in [5.74, 6) is -0.368. The number of halogens is 1. The Morgan fingerprint density at radius 1 is 1.06 bits per heavy atom. The van der Waals surface area contributed by atoms with Crippen molar-refractivity contribution in [3.05, 3.63) is 82.6 Å². The van der Waals surface area contributed by atoms with Crippen LogP contribution < -0.4 is 19.7 Å². The summed E-state index contributed by atoms with van der Waals surface area (Å²) in [6.07, 6.45) is 3.27. The fourth-order valence-electron chi connectivity index (χ4n) is 3.49. The van der Waals surface area contributed by atoms with Gasteiger partial charge in [0.25, 0.3) is 11.8 Å². The molecule has 0 aliphatic carbocycles. The lowest BCUT2D eigenvalue weighted by Crippen LogP contribution is -2.54. The number of aromatic nitrogens is 1. The van der Waals surface area contributed by atoms with Gasteiger partial charge in [0.1, 0.15) is 23.7 Å². The predicted octanol–water partition coefficient (Wildman–Crippen LogP) is 4.20. The molecule has 4 amide bonds. The summed E-state index contributed by atoms with van der Waals surface area (Å²) in [4.78, 5) is 39.0. The molecule has 34 heavy (non-hydrogen) atoms. The number of barbiturate groups is 1. The number of carbonyl (C=O) groups is 3. The highest BCUT2D eigenvalue weighted by atomic mass is 35.5. The van der Waals surface area contributed by atoms with E-state index >= 15 is 0 Å². The molecule has 8 nitrogen and oxygen atoms in total. The van der Waals surface area contributed by atoms with Gasteiger partial charge < -0.3 is 14.0 Å². The first-order valence-electron chi connectivity index (χ1n) is 10.5. The number of nitrogens with one attached hydrogen (secondary N) is 1. The van der Waals surface area contributed by atoms with Crippen LogP contribution in [0.3, 0.4) is 0 Å². The van der Waals surface area contributed by atoms with Crippen molar-refractivity contribution >= 4 is 41.2 Å². The van der Waals surface area contributed by atoms with Crippen LogP contribution in [0.15, 0.2) is 66.4 Å². The maximum absolute atomic E-state index is 13.1. The number of amides is 4. The number of ether oxygens (including phenoxy) is 2. The van der Waals surface area contributed by atoms with Gasteiger partial charge in [-0.15, -0.1) is 0 Å². The van der Waals surface area contributed by atoms with Gasteiger partial charge in [-0.05, 0) is 55.5 Å². The average Bonchev–Trinajstić information content (AvgIpc) is 3.25. The average molecular weight is 480 g/mol. The Balaban J connectivity index is 1.54. The summed E-state index contributed by atoms with van der Waals surface area (Å²) in [5.41, 5.74) is 1.80. The van der Waals surface area contributed by atoms with E-state index in [1.807, 2.05) is 42.0 Å². The SMILES string of the molecule is COc1ccc(N2C(=O)NC(=O)/C(=C\c3cccn3CCOc3ccc(C)cc3)C2=O)cc1Cl. The van der Waals surface area contributed by atoms with E-state index in [-0.39, 0.29) is 16.3 Å². The second kappa shape index (κ2) is 9.84. The van der Waals surface area contributed by atoms with Gasteiger partial charge >= 0.3 is 6.03 Å². The number of nitrogens with zero attached hydrogens (tertiary/aromatic N) is 2. The number of imide groups is 2. The summed E-state index contributed by atoms with van der Waals surface area (Å²) in [6, 6.07) is 14.9. The molecule has 2 aromatic carbocycles. The lowest BCUT2D eigenvalue weighted by atomic mass is 10.1. The molecule has 0 bridgehead atoms. The normalized spacial score (nSPS) is 15.0. The molecule has 9 heteroatoms. The third-order valence-corrected chi connectivity index (χ3v) is 5.57. The minimum absolute atomic E-state index is 0.175. The van der Waals surface area contributed by atoms with Crippen LogP contribution in [-0.4, -0.2) is 36.1 Å². The molecule has 1 aliphatic heterocycles. The molecule has 1 aliphatic rings. The molecule has 0 spiro atoms. The van der Waals surface area contributed by atoms with E-state index < -0.39 is 17.8 Å². The van der Waals surface area contributed by atoms with Crippen LogP contribution in [0.25, 0.3) is 6.08 Å². The van der Waals surface area contributed by atoms with Gasteiger partial charge in [0.05, 0.1) is 24.4 Å². The summed E-state index contributed by atoms with van der Waals surface area (Å²) in [7, 11) is 1.46. The molecule has 1 aromatic heterocycles. The van der Waals surface area contributed by atoms with E-state index in [2.05, 4.69) is 5.32 Å². The van der Waals surface area contributed by atoms with Crippen molar-refractivity contribution in [3.63, 3.8) is 0 Å². The molecular formula is C25H22ClN3O5. The summed E-state index contributed by atoms with van der Waals surface area (Å²) < 4.78 is 12.7. The molecule has 3 aromatic rings. The lowest BCUT2D eigenvalue weighted by Gasteiger charge is -2.26. The zero-order valence-electron chi connectivity index (χ0n) is 18.6. The molecule has 174 valence electrons. The third-order valence-electron chi connectivity index (χ3n) is 5.27. The Labute approximate surface area is 201 Å². The van der Waals surface area contributed by atoms with Crippen LogP contribution >= 0.6 is 11.6 Å². The number of anilines is 1. The van der Waals surface area contributed by atoms with Gasteiger partial charge in [-0.2, -0.15) is 0 Å². The van der Waals surface area contributed by atoms with E-state index in [1.54, 1.807) is 12.1 Å². The van der Waals surface area contributed by atoms with Crippen LogP contribution in [0.2, 0.25) is 5.02 Å². The first-order valence-corrected chi connectivity index (χ1v) is 10.8. The number of benzene rings is 2. The summed E-state index contributed by atoms with van der Waals surface area (Å²) in [5, 5.41) is 2.44. The number of carbonyl (C=O) groups excluding carboxylic acids is 3. The second-order valence-corrected chi connectivity index (χ2v) is 7.97. The highest BCUT2D eigenvalue weighted by Crippen LogP contribution is 2.31. The molecule has 1 fully saturated rings. The zero-order chi connectivity index (χ0) is 24.2. The van der Waals surface area contributed by atoms with Gasteiger partial charge in [-0.3, -0.25) is 14.9 Å². The van der Waals surface area contributed by atoms with Crippen LogP contribution in [-0.2, 0) is 16.1 Å². The lowest BCUT2D eigenvalue weighted by molar-refractivity contribution is -0.122. The Morgan fingerprint density at radius 3 is 2.53 bits per heavy atom. The number of methoxy groups -OCH3 is 1. The zero-order valence-corrected chi connectivity index (χ0v) is 19.3. The summed E-state index contributed by atoms with van der Waals surface area (Å²) >= 11 is 6.15. The maximum Gasteiger partial charge on any atom is 0.335 e. The molecule has 0 unspecified atom stereocenters. The van der Waals surface area contributed by atoms with Crippen molar-refractivity contribution in [1.29, 1.82) is 0 Å². The Kier molecular flexibility index (Phi) is 6.70. The maximum atomic E-state index is 13.1. The molecule has 1 saturated heterocycles. The van der Waals surface area contributed by atoms with Crippen LogP contribution in [0, 0.1) is 6.92 Å². The molecule has 1 N–H and O–H groups in total. The Hall–Kier alpha value is -4.04. The highest BCUT2D eigenvalue weighted by Gasteiger charge is 2.37. The van der Waals surface area contributed by atoms with Gasteiger partial charge in [0.2, 0.25) is 0 Å². The van der Waals surface area contributed by atoms with Crippen LogP contribution in [0.1, 0.15) is 11.3 Å². The third kappa shape index (κ3) is 4.82. The minimum atomic E-state index is -0.852. The summed E-state index contributed by atoms with van der Waals surface area (Å²) in [6.45, 7) is 2.89. The largest absolute Gasteiger partial charge is 0.495 e. The fraction of sp³-hybridized carbons (Fsp3) is 0.160. The molecule has 4 rings (SSSR count). The number of hydrogen-bond donors (Lipinski definition) is 1.